The van der Waals surface area contributed by atoms with E-state index in [0.29, 0.717) is 9.99 Å². The van der Waals surface area contributed by atoms with Crippen LogP contribution in [-0.4, -0.2) is 42.8 Å². The molecule has 0 bridgehead atoms. The van der Waals surface area contributed by atoms with Gasteiger partial charge in [-0.05, 0) is 36.2 Å². The number of sulfonamides is 1. The van der Waals surface area contributed by atoms with Crippen LogP contribution in [0.2, 0.25) is 0 Å². The molecule has 0 saturated carbocycles. The fourth-order valence-corrected chi connectivity index (χ4v) is 5.50. The number of hydrogen-bond donors (Lipinski definition) is 1. The Morgan fingerprint density at radius 3 is 2.21 bits per heavy atom. The number of rotatable bonds is 6. The lowest BCUT2D eigenvalue weighted by Gasteiger charge is -2.33. The van der Waals surface area contributed by atoms with E-state index in [0.717, 1.165) is 12.0 Å². The van der Waals surface area contributed by atoms with Crippen LogP contribution in [0.25, 0.3) is 0 Å². The standard InChI is InChI=1S/C25H22N2O5S/c1-2-17-12-14-19(15-13-17)26-22(28)16-27-23(24(29)18-8-4-3-5-9-18)25(30)20-10-6-7-11-21(20)33(27,31)32/h3-15,23H,2,16H2,1H3,(H,26,28). The molecule has 1 atom stereocenters. The van der Waals surface area contributed by atoms with E-state index in [1.807, 2.05) is 19.1 Å². The van der Waals surface area contributed by atoms with Crippen LogP contribution in [0.3, 0.4) is 0 Å². The van der Waals surface area contributed by atoms with Gasteiger partial charge in [-0.3, -0.25) is 14.4 Å². The smallest absolute Gasteiger partial charge is 0.245 e. The van der Waals surface area contributed by atoms with Crippen molar-refractivity contribution in [3.8, 4) is 0 Å². The molecule has 1 amide bonds. The third kappa shape index (κ3) is 4.35. The first-order valence-corrected chi connectivity index (χ1v) is 11.9. The second kappa shape index (κ2) is 9.09. The SMILES string of the molecule is CCc1ccc(NC(=O)CN2C(C(=O)c3ccccc3)C(=O)c3ccccc3S2(=O)=O)cc1. The van der Waals surface area contributed by atoms with Crippen LogP contribution in [0.5, 0.6) is 0 Å². The van der Waals surface area contributed by atoms with Crippen molar-refractivity contribution >= 4 is 33.2 Å². The molecule has 0 saturated heterocycles. The molecule has 0 spiro atoms. The van der Waals surface area contributed by atoms with Crippen molar-refractivity contribution in [2.75, 3.05) is 11.9 Å². The molecule has 0 aliphatic carbocycles. The lowest BCUT2D eigenvalue weighted by molar-refractivity contribution is -0.116. The maximum Gasteiger partial charge on any atom is 0.245 e. The number of Topliss-reactive ketones (excluding diaryl/α,β-unsaturated/α-hetero) is 2. The third-order valence-electron chi connectivity index (χ3n) is 5.53. The molecule has 1 N–H and O–H groups in total. The van der Waals surface area contributed by atoms with Crippen molar-refractivity contribution in [2.45, 2.75) is 24.3 Å². The average molecular weight is 463 g/mol. The summed E-state index contributed by atoms with van der Waals surface area (Å²) < 4.78 is 27.5. The number of nitrogens with one attached hydrogen (secondary N) is 1. The number of anilines is 1. The molecule has 4 rings (SSSR count). The van der Waals surface area contributed by atoms with Gasteiger partial charge in [0.2, 0.25) is 15.9 Å². The lowest BCUT2D eigenvalue weighted by atomic mass is 9.96. The summed E-state index contributed by atoms with van der Waals surface area (Å²) in [5.41, 5.74) is 1.70. The zero-order valence-corrected chi connectivity index (χ0v) is 18.7. The summed E-state index contributed by atoms with van der Waals surface area (Å²) in [4.78, 5) is 39.1. The summed E-state index contributed by atoms with van der Waals surface area (Å²) >= 11 is 0. The maximum absolute atomic E-state index is 13.4. The zero-order chi connectivity index (χ0) is 23.6. The molecule has 1 aliphatic heterocycles. The number of aryl methyl sites for hydroxylation is 1. The van der Waals surface area contributed by atoms with Crippen molar-refractivity contribution in [3.05, 3.63) is 95.6 Å². The Morgan fingerprint density at radius 2 is 1.55 bits per heavy atom. The van der Waals surface area contributed by atoms with Crippen LogP contribution >= 0.6 is 0 Å². The first-order valence-electron chi connectivity index (χ1n) is 10.5. The summed E-state index contributed by atoms with van der Waals surface area (Å²) in [6, 6.07) is 19.2. The number of fused-ring (bicyclic) bond motifs is 1. The van der Waals surface area contributed by atoms with E-state index in [4.69, 9.17) is 0 Å². The summed E-state index contributed by atoms with van der Waals surface area (Å²) in [6.45, 7) is 1.33. The second-order valence-electron chi connectivity index (χ2n) is 7.64. The first kappa shape index (κ1) is 22.6. The van der Waals surface area contributed by atoms with Gasteiger partial charge >= 0.3 is 0 Å². The summed E-state index contributed by atoms with van der Waals surface area (Å²) in [6.07, 6.45) is 0.838. The van der Waals surface area contributed by atoms with Crippen LogP contribution in [0.4, 0.5) is 5.69 Å². The van der Waals surface area contributed by atoms with Crippen LogP contribution in [-0.2, 0) is 21.2 Å². The van der Waals surface area contributed by atoms with Crippen LogP contribution in [0, 0.1) is 0 Å². The molecule has 7 nitrogen and oxygen atoms in total. The first-order chi connectivity index (χ1) is 15.8. The average Bonchev–Trinajstić information content (AvgIpc) is 2.83. The van der Waals surface area contributed by atoms with Gasteiger partial charge in [-0.1, -0.05) is 61.5 Å². The van der Waals surface area contributed by atoms with E-state index in [9.17, 15) is 22.8 Å². The summed E-state index contributed by atoms with van der Waals surface area (Å²) in [5, 5.41) is 2.65. The van der Waals surface area contributed by atoms with Crippen molar-refractivity contribution in [2.24, 2.45) is 0 Å². The van der Waals surface area contributed by atoms with Crippen molar-refractivity contribution in [1.29, 1.82) is 0 Å². The van der Waals surface area contributed by atoms with Gasteiger partial charge in [0.05, 0.1) is 11.4 Å². The van der Waals surface area contributed by atoms with E-state index in [-0.39, 0.29) is 16.0 Å². The summed E-state index contributed by atoms with van der Waals surface area (Å²) in [5.74, 6) is -1.99. The van der Waals surface area contributed by atoms with Crippen molar-refractivity contribution in [3.63, 3.8) is 0 Å². The normalized spacial score (nSPS) is 17.2. The number of carbonyl (C=O) groups excluding carboxylic acids is 3. The van der Waals surface area contributed by atoms with Gasteiger partial charge < -0.3 is 5.32 Å². The van der Waals surface area contributed by atoms with Crippen LogP contribution in [0.1, 0.15) is 33.2 Å². The molecule has 3 aromatic rings. The fraction of sp³-hybridized carbons (Fsp3) is 0.160. The van der Waals surface area contributed by atoms with E-state index in [1.54, 1.807) is 36.4 Å². The fourth-order valence-electron chi connectivity index (χ4n) is 3.79. The molecule has 1 aliphatic rings. The highest BCUT2D eigenvalue weighted by Gasteiger charge is 2.48. The minimum atomic E-state index is -4.29. The highest BCUT2D eigenvalue weighted by Crippen LogP contribution is 2.31. The summed E-state index contributed by atoms with van der Waals surface area (Å²) in [7, 11) is -4.29. The Bertz CT molecular complexity index is 1320. The molecule has 1 unspecified atom stereocenters. The predicted molar refractivity (Wildman–Crippen MR) is 124 cm³/mol. The Balaban J connectivity index is 1.71. The van der Waals surface area contributed by atoms with Crippen LogP contribution < -0.4 is 5.32 Å². The quantitative estimate of drug-likeness (QED) is 0.447. The van der Waals surface area contributed by atoms with Crippen molar-refractivity contribution < 1.29 is 22.8 Å². The lowest BCUT2D eigenvalue weighted by Crippen LogP contribution is -2.55. The van der Waals surface area contributed by atoms with Gasteiger partial charge in [-0.2, -0.15) is 4.31 Å². The topological polar surface area (TPSA) is 101 Å². The largest absolute Gasteiger partial charge is 0.325 e. The Labute approximate surface area is 192 Å². The molecule has 33 heavy (non-hydrogen) atoms. The van der Waals surface area contributed by atoms with E-state index in [2.05, 4.69) is 5.32 Å². The molecular weight excluding hydrogens is 440 g/mol. The van der Waals surface area contributed by atoms with Gasteiger partial charge in [-0.25, -0.2) is 8.42 Å². The Hall–Kier alpha value is -3.62. The molecule has 3 aromatic carbocycles. The Morgan fingerprint density at radius 1 is 0.909 bits per heavy atom. The minimum Gasteiger partial charge on any atom is -0.325 e. The monoisotopic (exact) mass is 462 g/mol. The molecule has 8 heteroatoms. The molecule has 1 heterocycles. The molecule has 168 valence electrons. The van der Waals surface area contributed by atoms with Gasteiger partial charge in [0.15, 0.2) is 17.6 Å². The number of hydrogen-bond acceptors (Lipinski definition) is 5. The van der Waals surface area contributed by atoms with E-state index < -0.39 is 40.1 Å². The minimum absolute atomic E-state index is 0.0569. The highest BCUT2D eigenvalue weighted by molar-refractivity contribution is 7.89. The second-order valence-corrected chi connectivity index (χ2v) is 9.50. The number of carbonyl (C=O) groups is 3. The number of benzene rings is 3. The van der Waals surface area contributed by atoms with Gasteiger partial charge in [-0.15, -0.1) is 0 Å². The van der Waals surface area contributed by atoms with Gasteiger partial charge in [0.1, 0.15) is 0 Å². The number of amides is 1. The molecular formula is C25H22N2O5S. The molecule has 0 fully saturated rings. The zero-order valence-electron chi connectivity index (χ0n) is 17.9. The highest BCUT2D eigenvalue weighted by atomic mass is 32.2. The maximum atomic E-state index is 13.4. The van der Waals surface area contributed by atoms with E-state index >= 15 is 0 Å². The van der Waals surface area contributed by atoms with Gasteiger partial charge in [0, 0.05) is 16.8 Å². The Kier molecular flexibility index (Phi) is 6.22. The third-order valence-corrected chi connectivity index (χ3v) is 7.40. The molecule has 0 radical (unpaired) electrons. The van der Waals surface area contributed by atoms with E-state index in [1.165, 1.54) is 30.3 Å². The van der Waals surface area contributed by atoms with Gasteiger partial charge in [0.25, 0.3) is 0 Å². The molecule has 0 aromatic heterocycles. The number of ketones is 2. The predicted octanol–water partition coefficient (Wildman–Crippen LogP) is 3.33. The number of nitrogens with zero attached hydrogens (tertiary/aromatic N) is 1. The van der Waals surface area contributed by atoms with Crippen LogP contribution in [0.15, 0.2) is 83.8 Å². The van der Waals surface area contributed by atoms with Crippen molar-refractivity contribution in [1.82, 2.24) is 4.31 Å².